The van der Waals surface area contributed by atoms with Gasteiger partial charge in [0.05, 0.1) is 23.3 Å². The van der Waals surface area contributed by atoms with Gasteiger partial charge in [0.2, 0.25) is 0 Å². The molecule has 3 aromatic heterocycles. The van der Waals surface area contributed by atoms with Gasteiger partial charge in [-0.05, 0) is 92.3 Å². The van der Waals surface area contributed by atoms with Crippen LogP contribution in [0.2, 0.25) is 0 Å². The molecule has 1 aromatic carbocycles. The van der Waals surface area contributed by atoms with Crippen LogP contribution >= 0.6 is 0 Å². The van der Waals surface area contributed by atoms with Crippen LogP contribution in [0, 0.1) is 12.7 Å². The first-order chi connectivity index (χ1) is 24.8. The number of ether oxygens (including phenoxy) is 3. The second kappa shape index (κ2) is 14.2. The van der Waals surface area contributed by atoms with Crippen LogP contribution in [-0.2, 0) is 29.9 Å². The summed E-state index contributed by atoms with van der Waals surface area (Å²) in [5.41, 5.74) is -1.96. The molecule has 5 rings (SSSR count). The number of aromatic nitrogens is 4. The van der Waals surface area contributed by atoms with Crippen molar-refractivity contribution in [3.8, 4) is 11.1 Å². The van der Waals surface area contributed by atoms with E-state index in [1.807, 2.05) is 6.92 Å². The van der Waals surface area contributed by atoms with Gasteiger partial charge >= 0.3 is 18.3 Å². The van der Waals surface area contributed by atoms with Gasteiger partial charge in [-0.1, -0.05) is 6.92 Å². The first-order valence-corrected chi connectivity index (χ1v) is 19.0. The second-order valence-corrected chi connectivity index (χ2v) is 18.3. The summed E-state index contributed by atoms with van der Waals surface area (Å²) in [6.07, 6.45) is 1.04. The molecule has 54 heavy (non-hydrogen) atoms. The van der Waals surface area contributed by atoms with Gasteiger partial charge in [0.25, 0.3) is 0 Å². The minimum atomic E-state index is -3.32. The van der Waals surface area contributed by atoms with E-state index in [4.69, 9.17) is 14.2 Å². The Morgan fingerprint density at radius 3 is 2.07 bits per heavy atom. The number of carbonyl (C=O) groups excluding carboxylic acids is 3. The summed E-state index contributed by atoms with van der Waals surface area (Å²) in [5, 5.41) is 10.7. The van der Waals surface area contributed by atoms with Gasteiger partial charge in [0.1, 0.15) is 28.5 Å². The smallest absolute Gasteiger partial charge is 0.424 e. The van der Waals surface area contributed by atoms with Crippen LogP contribution in [-0.4, -0.2) is 69.0 Å². The fourth-order valence-electron chi connectivity index (χ4n) is 5.79. The first kappa shape index (κ1) is 39.9. The zero-order chi connectivity index (χ0) is 40.1. The number of anilines is 4. The fourth-order valence-corrected chi connectivity index (χ4v) is 7.41. The zero-order valence-electron chi connectivity index (χ0n) is 32.2. The van der Waals surface area contributed by atoms with E-state index in [0.717, 1.165) is 5.69 Å². The molecule has 4 aromatic rings. The number of carbonyl (C=O) groups is 3. The highest BCUT2D eigenvalue weighted by Gasteiger charge is 2.35. The maximum absolute atomic E-state index is 16.8. The van der Waals surface area contributed by atoms with E-state index in [1.165, 1.54) is 29.3 Å². The lowest BCUT2D eigenvalue weighted by molar-refractivity contribution is 0.0429. The molecule has 2 N–H and O–H groups in total. The predicted octanol–water partition coefficient (Wildman–Crippen LogP) is 8.20. The molecule has 0 radical (unpaired) electrons. The Morgan fingerprint density at radius 1 is 0.870 bits per heavy atom. The van der Waals surface area contributed by atoms with Gasteiger partial charge in [0, 0.05) is 46.6 Å². The third-order valence-corrected chi connectivity index (χ3v) is 9.50. The van der Waals surface area contributed by atoms with E-state index in [0.29, 0.717) is 21.9 Å². The minimum Gasteiger partial charge on any atom is -0.444 e. The summed E-state index contributed by atoms with van der Waals surface area (Å²) in [7, 11) is -3.32. The van der Waals surface area contributed by atoms with Crippen LogP contribution in [0.4, 0.5) is 41.8 Å². The van der Waals surface area contributed by atoms with Crippen molar-refractivity contribution in [2.24, 2.45) is 0 Å². The number of hydrogen-bond donors (Lipinski definition) is 2. The Labute approximate surface area is 313 Å². The van der Waals surface area contributed by atoms with Crippen LogP contribution in [0.15, 0.2) is 36.8 Å². The lowest BCUT2D eigenvalue weighted by Crippen LogP contribution is -2.44. The van der Waals surface area contributed by atoms with Gasteiger partial charge in [0.15, 0.2) is 21.5 Å². The predicted molar refractivity (Wildman–Crippen MR) is 202 cm³/mol. The summed E-state index contributed by atoms with van der Waals surface area (Å²) < 4.78 is 59.5. The molecular weight excluding hydrogens is 722 g/mol. The number of fused-ring (bicyclic) bond motifs is 2. The maximum Gasteiger partial charge on any atom is 0.424 e. The zero-order valence-corrected chi connectivity index (χ0v) is 33.1. The summed E-state index contributed by atoms with van der Waals surface area (Å²) >= 11 is 0. The molecule has 1 aliphatic heterocycles. The van der Waals surface area contributed by atoms with Gasteiger partial charge in [-0.2, -0.15) is 10.00 Å². The van der Waals surface area contributed by atoms with Gasteiger partial charge in [-0.15, -0.1) is 0 Å². The number of benzene rings is 1. The average molecular weight is 768 g/mol. The van der Waals surface area contributed by atoms with Crippen molar-refractivity contribution in [2.45, 2.75) is 105 Å². The highest BCUT2D eigenvalue weighted by Crippen LogP contribution is 2.40. The van der Waals surface area contributed by atoms with E-state index < -0.39 is 50.7 Å². The van der Waals surface area contributed by atoms with Crippen molar-refractivity contribution in [1.82, 2.24) is 19.7 Å². The Bertz CT molecular complexity index is 2220. The molecule has 1 unspecified atom stereocenters. The molecule has 17 heteroatoms. The monoisotopic (exact) mass is 767 g/mol. The van der Waals surface area contributed by atoms with Crippen molar-refractivity contribution in [1.29, 1.82) is 0 Å². The maximum atomic E-state index is 16.8. The minimum absolute atomic E-state index is 0.0108. The number of amides is 3. The molecule has 290 valence electrons. The molecule has 0 spiro atoms. The Hall–Kier alpha value is -5.32. The molecule has 0 aliphatic carbocycles. The molecule has 0 bridgehead atoms. The number of pyridine rings is 2. The highest BCUT2D eigenvalue weighted by molar-refractivity contribution is 7.90. The molecule has 4 heterocycles. The lowest BCUT2D eigenvalue weighted by atomic mass is 9.97. The van der Waals surface area contributed by atoms with Crippen molar-refractivity contribution in [2.75, 3.05) is 21.3 Å². The molecule has 3 amide bonds. The molecule has 1 atom stereocenters. The molecule has 15 nitrogen and oxygen atoms in total. The number of rotatable bonds is 5. The molecule has 0 saturated carbocycles. The normalized spacial score (nSPS) is 15.6. The largest absolute Gasteiger partial charge is 0.444 e. The van der Waals surface area contributed by atoms with Gasteiger partial charge in [-0.25, -0.2) is 32.2 Å². The van der Waals surface area contributed by atoms with Crippen LogP contribution < -0.4 is 15.5 Å². The number of hydrogen-bond acceptors (Lipinski definition) is 12. The number of nitrogens with zero attached hydrogens (tertiary/aromatic N) is 5. The number of imide groups is 1. The Balaban J connectivity index is 1.65. The SMILES string of the molecule is Cc1c(-c2cc3cc(Nc4cc5n(n4)CS(=O)(=O)CC5C)ncc3c(NC(=O)OC(C)(C)C)c2F)cncc1N(C(=O)OC(C)(C)C)C(=O)OC(C)(C)C. The summed E-state index contributed by atoms with van der Waals surface area (Å²) in [5.74, 6) is -0.718. The highest BCUT2D eigenvalue weighted by atomic mass is 32.2. The van der Waals surface area contributed by atoms with Crippen LogP contribution in [0.25, 0.3) is 21.9 Å². The average Bonchev–Trinajstić information content (AvgIpc) is 3.38. The quantitative estimate of drug-likeness (QED) is 0.186. The van der Waals surface area contributed by atoms with Crippen LogP contribution in [0.1, 0.15) is 86.4 Å². The van der Waals surface area contributed by atoms with Crippen LogP contribution in [0.3, 0.4) is 0 Å². The third kappa shape index (κ3) is 9.24. The standard InChI is InChI=1S/C37H46FN7O8S/c1-20-18-54(49,50)19-44-26(20)14-29(43-44)41-28-13-22-12-23(30(38)31(25(22)16-40-28)42-32(46)51-35(3,4)5)24-15-39-17-27(21(24)2)45(33(47)52-36(6,7)8)34(48)53-37(9,10)11/h12-17,20H,18-19H2,1-11H3,(H,42,46)(H,40,41,43). The topological polar surface area (TPSA) is 184 Å². The number of sulfone groups is 1. The van der Waals surface area contributed by atoms with Crippen molar-refractivity contribution < 1.29 is 41.4 Å². The van der Waals surface area contributed by atoms with E-state index in [1.54, 1.807) is 81.4 Å². The fraction of sp³-hybridized carbons (Fsp3) is 0.459. The molecular formula is C37H46FN7O8S. The molecule has 0 saturated heterocycles. The van der Waals surface area contributed by atoms with E-state index >= 15 is 4.39 Å². The van der Waals surface area contributed by atoms with Crippen molar-refractivity contribution in [3.63, 3.8) is 0 Å². The Kier molecular flexibility index (Phi) is 10.5. The lowest BCUT2D eigenvalue weighted by Gasteiger charge is -2.29. The van der Waals surface area contributed by atoms with E-state index in [2.05, 4.69) is 25.7 Å². The van der Waals surface area contributed by atoms with Crippen molar-refractivity contribution >= 4 is 61.9 Å². The second-order valence-electron chi connectivity index (χ2n) is 16.2. The first-order valence-electron chi connectivity index (χ1n) is 17.2. The van der Waals surface area contributed by atoms with Crippen molar-refractivity contribution in [3.05, 3.63) is 53.9 Å². The number of nitrogens with one attached hydrogen (secondary N) is 2. The molecule has 0 fully saturated rings. The van der Waals surface area contributed by atoms with Gasteiger partial charge < -0.3 is 19.5 Å². The third-order valence-electron chi connectivity index (χ3n) is 7.85. The van der Waals surface area contributed by atoms with E-state index in [9.17, 15) is 22.8 Å². The summed E-state index contributed by atoms with van der Waals surface area (Å²) in [6, 6.07) is 4.87. The Morgan fingerprint density at radius 2 is 1.48 bits per heavy atom. The summed E-state index contributed by atoms with van der Waals surface area (Å²) in [6.45, 7) is 18.3. The molecule has 1 aliphatic rings. The van der Waals surface area contributed by atoms with Gasteiger partial charge in [-0.3, -0.25) is 15.0 Å². The summed E-state index contributed by atoms with van der Waals surface area (Å²) in [4.78, 5) is 49.5. The van der Waals surface area contributed by atoms with Crippen LogP contribution in [0.5, 0.6) is 0 Å². The number of halogens is 1. The van der Waals surface area contributed by atoms with E-state index in [-0.39, 0.29) is 51.0 Å².